The Labute approximate surface area is 99.3 Å². The summed E-state index contributed by atoms with van der Waals surface area (Å²) in [6.07, 6.45) is -1.28. The molecule has 1 rings (SSSR count). The molecule has 0 spiro atoms. The molecular weight excluding hydrogens is 232 g/mol. The van der Waals surface area contributed by atoms with Gasteiger partial charge >= 0.3 is 6.09 Å². The molecule has 0 unspecified atom stereocenters. The third-order valence-corrected chi connectivity index (χ3v) is 2.59. The second kappa shape index (κ2) is 4.76. The Morgan fingerprint density at radius 1 is 1.53 bits per heavy atom. The van der Waals surface area contributed by atoms with E-state index in [2.05, 4.69) is 5.32 Å². The Balaban J connectivity index is 2.40. The fourth-order valence-corrected chi connectivity index (χ4v) is 1.76. The van der Waals surface area contributed by atoms with Crippen molar-refractivity contribution in [2.75, 3.05) is 6.61 Å². The van der Waals surface area contributed by atoms with Gasteiger partial charge in [0.2, 0.25) is 5.92 Å². The first-order valence-corrected chi connectivity index (χ1v) is 5.61. The van der Waals surface area contributed by atoms with E-state index in [-0.39, 0.29) is 25.4 Å². The third-order valence-electron chi connectivity index (χ3n) is 2.59. The second-order valence-corrected chi connectivity index (χ2v) is 5.46. The molecule has 2 N–H and O–H groups in total. The molecule has 1 amide bonds. The van der Waals surface area contributed by atoms with Crippen LogP contribution < -0.4 is 5.32 Å². The summed E-state index contributed by atoms with van der Waals surface area (Å²) in [6, 6.07) is -0.663. The van der Waals surface area contributed by atoms with Crippen LogP contribution in [0.25, 0.3) is 0 Å². The Kier molecular flexibility index (Phi) is 3.96. The minimum atomic E-state index is -2.66. The SMILES string of the molecule is CC(C)(C)OC(=O)N[C@H](CO)C1CC(F)(F)C1. The van der Waals surface area contributed by atoms with Crippen LogP contribution in [0.2, 0.25) is 0 Å². The molecular formula is C11H19F2NO3. The van der Waals surface area contributed by atoms with Crippen LogP contribution in [0.1, 0.15) is 33.6 Å². The smallest absolute Gasteiger partial charge is 0.407 e. The highest BCUT2D eigenvalue weighted by molar-refractivity contribution is 5.68. The van der Waals surface area contributed by atoms with Crippen LogP contribution in [0.5, 0.6) is 0 Å². The molecule has 0 aromatic heterocycles. The van der Waals surface area contributed by atoms with Gasteiger partial charge in [-0.25, -0.2) is 13.6 Å². The normalized spacial score (nSPS) is 21.5. The van der Waals surface area contributed by atoms with Gasteiger partial charge in [-0.1, -0.05) is 0 Å². The van der Waals surface area contributed by atoms with Gasteiger partial charge in [0.05, 0.1) is 12.6 Å². The number of amides is 1. The van der Waals surface area contributed by atoms with Crippen molar-refractivity contribution in [3.8, 4) is 0 Å². The zero-order valence-electron chi connectivity index (χ0n) is 10.3. The minimum Gasteiger partial charge on any atom is -0.444 e. The van der Waals surface area contributed by atoms with E-state index >= 15 is 0 Å². The summed E-state index contributed by atoms with van der Waals surface area (Å²) in [4.78, 5) is 11.4. The molecule has 100 valence electrons. The molecule has 1 saturated carbocycles. The van der Waals surface area contributed by atoms with E-state index in [0.29, 0.717) is 0 Å². The van der Waals surface area contributed by atoms with Gasteiger partial charge < -0.3 is 15.2 Å². The van der Waals surface area contributed by atoms with Crippen molar-refractivity contribution in [2.24, 2.45) is 5.92 Å². The number of ether oxygens (including phenoxy) is 1. The van der Waals surface area contributed by atoms with E-state index in [1.54, 1.807) is 20.8 Å². The van der Waals surface area contributed by atoms with E-state index in [4.69, 9.17) is 9.84 Å². The largest absolute Gasteiger partial charge is 0.444 e. The van der Waals surface area contributed by atoms with Crippen LogP contribution in [0.4, 0.5) is 13.6 Å². The molecule has 0 aromatic carbocycles. The number of halogens is 2. The summed E-state index contributed by atoms with van der Waals surface area (Å²) in [6.45, 7) is 4.76. The molecule has 17 heavy (non-hydrogen) atoms. The monoisotopic (exact) mass is 251 g/mol. The lowest BCUT2D eigenvalue weighted by Gasteiger charge is -2.39. The highest BCUT2D eigenvalue weighted by Gasteiger charge is 2.48. The summed E-state index contributed by atoms with van der Waals surface area (Å²) in [5, 5.41) is 11.5. The van der Waals surface area contributed by atoms with Crippen molar-refractivity contribution in [1.82, 2.24) is 5.32 Å². The number of hydrogen-bond donors (Lipinski definition) is 2. The molecule has 0 saturated heterocycles. The average molecular weight is 251 g/mol. The number of rotatable bonds is 3. The van der Waals surface area contributed by atoms with Gasteiger partial charge in [0, 0.05) is 12.8 Å². The minimum absolute atomic E-state index is 0.298. The van der Waals surface area contributed by atoms with Crippen molar-refractivity contribution < 1.29 is 23.4 Å². The lowest BCUT2D eigenvalue weighted by molar-refractivity contribution is -0.122. The van der Waals surface area contributed by atoms with Crippen LogP contribution in [0.15, 0.2) is 0 Å². The predicted octanol–water partition coefficient (Wildman–Crippen LogP) is 1.92. The van der Waals surface area contributed by atoms with Gasteiger partial charge in [-0.3, -0.25) is 0 Å². The molecule has 6 heteroatoms. The van der Waals surface area contributed by atoms with Crippen molar-refractivity contribution in [1.29, 1.82) is 0 Å². The van der Waals surface area contributed by atoms with Gasteiger partial charge in [-0.2, -0.15) is 0 Å². The molecule has 0 aliphatic heterocycles. The van der Waals surface area contributed by atoms with Crippen LogP contribution in [-0.2, 0) is 4.74 Å². The van der Waals surface area contributed by atoms with E-state index in [1.165, 1.54) is 0 Å². The first-order valence-electron chi connectivity index (χ1n) is 5.61. The maximum Gasteiger partial charge on any atom is 0.407 e. The second-order valence-electron chi connectivity index (χ2n) is 5.46. The molecule has 0 bridgehead atoms. The number of aliphatic hydroxyl groups is 1. The molecule has 0 heterocycles. The van der Waals surface area contributed by atoms with Crippen molar-refractivity contribution in [2.45, 2.75) is 51.2 Å². The number of aliphatic hydroxyl groups excluding tert-OH is 1. The maximum atomic E-state index is 12.7. The van der Waals surface area contributed by atoms with E-state index < -0.39 is 23.7 Å². The number of carbonyl (C=O) groups excluding carboxylic acids is 1. The third kappa shape index (κ3) is 4.46. The van der Waals surface area contributed by atoms with Gasteiger partial charge in [0.15, 0.2) is 0 Å². The van der Waals surface area contributed by atoms with Crippen LogP contribution in [-0.4, -0.2) is 35.4 Å². The van der Waals surface area contributed by atoms with Gasteiger partial charge in [0.1, 0.15) is 5.60 Å². The number of alkyl carbamates (subject to hydrolysis) is 1. The van der Waals surface area contributed by atoms with Gasteiger partial charge in [-0.05, 0) is 26.7 Å². The Hall–Kier alpha value is -0.910. The summed E-state index contributed by atoms with van der Waals surface area (Å²) in [5.41, 5.74) is -0.645. The zero-order valence-corrected chi connectivity index (χ0v) is 10.3. The average Bonchev–Trinajstić information content (AvgIpc) is 2.07. The van der Waals surface area contributed by atoms with E-state index in [1.807, 2.05) is 0 Å². The topological polar surface area (TPSA) is 58.6 Å². The lowest BCUT2D eigenvalue weighted by Crippen LogP contribution is -2.52. The first-order chi connectivity index (χ1) is 7.63. The number of alkyl halides is 2. The standard InChI is InChI=1S/C11H19F2NO3/c1-10(2,3)17-9(16)14-8(6-15)7-4-11(12,13)5-7/h7-8,15H,4-6H2,1-3H3,(H,14,16)/t8-/m1/s1. The van der Waals surface area contributed by atoms with Crippen molar-refractivity contribution in [3.63, 3.8) is 0 Å². The fraction of sp³-hybridized carbons (Fsp3) is 0.909. The number of carbonyl (C=O) groups is 1. The highest BCUT2D eigenvalue weighted by Crippen LogP contribution is 2.43. The molecule has 0 aromatic rings. The predicted molar refractivity (Wildman–Crippen MR) is 57.9 cm³/mol. The molecule has 1 aliphatic rings. The Morgan fingerprint density at radius 2 is 2.06 bits per heavy atom. The van der Waals surface area contributed by atoms with Gasteiger partial charge in [-0.15, -0.1) is 0 Å². The lowest BCUT2D eigenvalue weighted by atomic mass is 9.76. The zero-order chi connectivity index (χ0) is 13.3. The van der Waals surface area contributed by atoms with E-state index in [0.717, 1.165) is 0 Å². The fourth-order valence-electron chi connectivity index (χ4n) is 1.76. The van der Waals surface area contributed by atoms with E-state index in [9.17, 15) is 13.6 Å². The van der Waals surface area contributed by atoms with Gasteiger partial charge in [0.25, 0.3) is 0 Å². The molecule has 1 atom stereocenters. The molecule has 1 aliphatic carbocycles. The number of nitrogens with one attached hydrogen (secondary N) is 1. The Bertz CT molecular complexity index is 281. The highest BCUT2D eigenvalue weighted by atomic mass is 19.3. The summed E-state index contributed by atoms with van der Waals surface area (Å²) >= 11 is 0. The molecule has 4 nitrogen and oxygen atoms in total. The maximum absolute atomic E-state index is 12.7. The van der Waals surface area contributed by atoms with Crippen LogP contribution in [0, 0.1) is 5.92 Å². The summed E-state index contributed by atoms with van der Waals surface area (Å²) in [5.74, 6) is -3.05. The summed E-state index contributed by atoms with van der Waals surface area (Å²) < 4.78 is 30.3. The van der Waals surface area contributed by atoms with Crippen molar-refractivity contribution in [3.05, 3.63) is 0 Å². The quantitative estimate of drug-likeness (QED) is 0.805. The Morgan fingerprint density at radius 3 is 2.41 bits per heavy atom. The molecule has 0 radical (unpaired) electrons. The molecule has 1 fully saturated rings. The van der Waals surface area contributed by atoms with Crippen LogP contribution in [0.3, 0.4) is 0 Å². The van der Waals surface area contributed by atoms with Crippen LogP contribution >= 0.6 is 0 Å². The first kappa shape index (κ1) is 14.2. The van der Waals surface area contributed by atoms with Crippen molar-refractivity contribution >= 4 is 6.09 Å². The number of hydrogen-bond acceptors (Lipinski definition) is 3. The summed E-state index contributed by atoms with van der Waals surface area (Å²) in [7, 11) is 0.